The van der Waals surface area contributed by atoms with E-state index in [-0.39, 0.29) is 28.1 Å². The van der Waals surface area contributed by atoms with Crippen molar-refractivity contribution in [3.8, 4) is 0 Å². The Morgan fingerprint density at radius 3 is 0.879 bits per heavy atom. The molecule has 0 rings (SSSR count). The minimum absolute atomic E-state index is 0. The summed E-state index contributed by atoms with van der Waals surface area (Å²) in [6.45, 7) is 11.9. The molecule has 0 aliphatic rings. The number of carboxylic acid groups (broad SMARTS) is 1. The number of carboxylic acids is 1. The molecule has 0 N–H and O–H groups in total. The SMILES string of the molecule is CC(C)[O-].CC(C)[O-].CC(C)[O-].CCCCCCCCCCCCCCCCCC(=O)[O-].[Ti+4]. The molecule has 0 aromatic heterocycles. The summed E-state index contributed by atoms with van der Waals surface area (Å²) in [6, 6.07) is 0. The summed E-state index contributed by atoms with van der Waals surface area (Å²) in [5.74, 6) is -0.903. The summed E-state index contributed by atoms with van der Waals surface area (Å²) in [5, 5.41) is 38.8. The van der Waals surface area contributed by atoms with Gasteiger partial charge in [-0.15, -0.1) is 18.3 Å². The number of carbonyl (C=O) groups is 1. The van der Waals surface area contributed by atoms with E-state index in [2.05, 4.69) is 6.92 Å². The van der Waals surface area contributed by atoms with Crippen molar-refractivity contribution < 1.29 is 46.9 Å². The Labute approximate surface area is 222 Å². The molecule has 0 aliphatic heterocycles. The van der Waals surface area contributed by atoms with Crippen LogP contribution in [0.25, 0.3) is 0 Å². The van der Waals surface area contributed by atoms with Crippen LogP contribution in [0.5, 0.6) is 0 Å². The molecule has 33 heavy (non-hydrogen) atoms. The fraction of sp³-hybridized carbons (Fsp3) is 0.963. The number of hydrogen-bond acceptors (Lipinski definition) is 5. The van der Waals surface area contributed by atoms with Crippen molar-refractivity contribution in [2.45, 2.75) is 170 Å². The molecule has 0 aromatic rings. The molecule has 0 bridgehead atoms. The van der Waals surface area contributed by atoms with E-state index in [0.717, 1.165) is 12.8 Å². The van der Waals surface area contributed by atoms with Crippen molar-refractivity contribution in [1.29, 1.82) is 0 Å². The Balaban J connectivity index is -0.000000165. The third-order valence-electron chi connectivity index (χ3n) is 3.98. The number of rotatable bonds is 16. The smallest absolute Gasteiger partial charge is 0.852 e. The van der Waals surface area contributed by atoms with Gasteiger partial charge in [-0.3, -0.25) is 0 Å². The van der Waals surface area contributed by atoms with E-state index in [1.165, 1.54) is 83.5 Å². The fourth-order valence-corrected chi connectivity index (χ4v) is 2.64. The molecular weight excluding hydrogens is 452 g/mol. The van der Waals surface area contributed by atoms with Crippen molar-refractivity contribution >= 4 is 5.97 Å². The van der Waals surface area contributed by atoms with Crippen LogP contribution < -0.4 is 20.4 Å². The van der Waals surface area contributed by atoms with Gasteiger partial charge in [0.15, 0.2) is 0 Å². The Kier molecular flexibility index (Phi) is 51.4. The Morgan fingerprint density at radius 1 is 0.515 bits per heavy atom. The second-order valence-corrected chi connectivity index (χ2v) is 9.22. The zero-order chi connectivity index (χ0) is 25.6. The molecule has 0 heterocycles. The first-order valence-corrected chi connectivity index (χ1v) is 13.1. The summed E-state index contributed by atoms with van der Waals surface area (Å²) >= 11 is 0. The average Bonchev–Trinajstić information content (AvgIpc) is 2.63. The topological polar surface area (TPSA) is 109 Å². The van der Waals surface area contributed by atoms with Crippen LogP contribution in [-0.2, 0) is 26.5 Å². The Morgan fingerprint density at radius 2 is 0.697 bits per heavy atom. The molecule has 6 heteroatoms. The molecule has 0 saturated heterocycles. The van der Waals surface area contributed by atoms with Gasteiger partial charge in [0.2, 0.25) is 0 Å². The maximum atomic E-state index is 10.2. The standard InChI is InChI=1S/C18H36O2.3C3H7O.Ti/c1-2-3-4-5-6-7-8-9-10-11-12-13-14-15-16-17-18(19)20;3*1-3(2)4;/h2-17H2,1H3,(H,19,20);3*3H,1-2H3;/q;3*-1;+4/p-1. The molecule has 0 unspecified atom stereocenters. The minimum atomic E-state index is -0.903. The summed E-state index contributed by atoms with van der Waals surface area (Å²) in [5.41, 5.74) is 0. The third kappa shape index (κ3) is 99.5. The second-order valence-electron chi connectivity index (χ2n) is 9.22. The predicted octanol–water partition coefficient (Wildman–Crippen LogP) is 4.26. The van der Waals surface area contributed by atoms with Crippen LogP contribution >= 0.6 is 0 Å². The van der Waals surface area contributed by atoms with Crippen molar-refractivity contribution in [3.05, 3.63) is 0 Å². The second kappa shape index (κ2) is 39.3. The first-order chi connectivity index (χ1) is 15.0. The van der Waals surface area contributed by atoms with E-state index in [4.69, 9.17) is 0 Å². The van der Waals surface area contributed by atoms with Crippen LogP contribution in [0, 0.1) is 0 Å². The molecule has 0 saturated carbocycles. The summed E-state index contributed by atoms with van der Waals surface area (Å²) in [6.07, 6.45) is 18.6. The fourth-order valence-electron chi connectivity index (χ4n) is 2.64. The molecule has 0 amide bonds. The normalized spacial score (nSPS) is 9.85. The maximum absolute atomic E-state index is 10.2. The maximum Gasteiger partial charge on any atom is 4.00 e. The van der Waals surface area contributed by atoms with Gasteiger partial charge in [0.1, 0.15) is 0 Å². The van der Waals surface area contributed by atoms with E-state index in [1.807, 2.05) is 0 Å². The minimum Gasteiger partial charge on any atom is -0.852 e. The Bertz CT molecular complexity index is 301. The first-order valence-electron chi connectivity index (χ1n) is 13.1. The van der Waals surface area contributed by atoms with Gasteiger partial charge in [-0.1, -0.05) is 138 Å². The van der Waals surface area contributed by atoms with Crippen molar-refractivity contribution in [2.24, 2.45) is 0 Å². The third-order valence-corrected chi connectivity index (χ3v) is 3.98. The molecule has 0 aliphatic carbocycles. The van der Waals surface area contributed by atoms with E-state index in [0.29, 0.717) is 0 Å². The summed E-state index contributed by atoms with van der Waals surface area (Å²) < 4.78 is 0. The molecular formula is C27H56O5Ti. The predicted molar refractivity (Wildman–Crippen MR) is 130 cm³/mol. The van der Waals surface area contributed by atoms with Gasteiger partial charge < -0.3 is 25.2 Å². The molecule has 198 valence electrons. The number of unbranched alkanes of at least 4 members (excludes halogenated alkanes) is 14. The number of aliphatic carboxylic acids is 1. The molecule has 0 fully saturated rings. The van der Waals surface area contributed by atoms with Gasteiger partial charge >= 0.3 is 21.7 Å². The number of hydrogen-bond donors (Lipinski definition) is 0. The molecule has 0 atom stereocenters. The molecule has 5 nitrogen and oxygen atoms in total. The van der Waals surface area contributed by atoms with Crippen LogP contribution in [0.2, 0.25) is 0 Å². The number of carbonyl (C=O) groups excluding carboxylic acids is 1. The molecule has 0 spiro atoms. The van der Waals surface area contributed by atoms with Gasteiger partial charge in [-0.25, -0.2) is 0 Å². The van der Waals surface area contributed by atoms with Crippen molar-refractivity contribution in [3.63, 3.8) is 0 Å². The molecule has 0 aromatic carbocycles. The van der Waals surface area contributed by atoms with Crippen molar-refractivity contribution in [1.82, 2.24) is 0 Å². The van der Waals surface area contributed by atoms with Gasteiger partial charge in [0.05, 0.1) is 0 Å². The monoisotopic (exact) mass is 508 g/mol. The van der Waals surface area contributed by atoms with E-state index >= 15 is 0 Å². The van der Waals surface area contributed by atoms with Gasteiger partial charge in [-0.2, -0.15) is 0 Å². The first kappa shape index (κ1) is 43.2. The van der Waals surface area contributed by atoms with Crippen LogP contribution in [0.3, 0.4) is 0 Å². The average molecular weight is 509 g/mol. The van der Waals surface area contributed by atoms with E-state index in [1.54, 1.807) is 41.5 Å². The quantitative estimate of drug-likeness (QED) is 0.229. The van der Waals surface area contributed by atoms with E-state index < -0.39 is 24.3 Å². The van der Waals surface area contributed by atoms with Crippen molar-refractivity contribution in [2.75, 3.05) is 0 Å². The molecule has 0 radical (unpaired) electrons. The Hall–Kier alpha value is 0.0643. The summed E-state index contributed by atoms with van der Waals surface area (Å²) in [7, 11) is 0. The van der Waals surface area contributed by atoms with Crippen LogP contribution in [0.1, 0.15) is 151 Å². The van der Waals surface area contributed by atoms with Gasteiger partial charge in [0, 0.05) is 5.97 Å². The largest absolute Gasteiger partial charge is 4.00 e. The van der Waals surface area contributed by atoms with Gasteiger partial charge in [-0.05, 0) is 12.8 Å². The van der Waals surface area contributed by atoms with Crippen LogP contribution in [-0.4, -0.2) is 24.3 Å². The van der Waals surface area contributed by atoms with Crippen LogP contribution in [0.4, 0.5) is 0 Å². The zero-order valence-corrected chi connectivity index (χ0v) is 24.6. The summed E-state index contributed by atoms with van der Waals surface area (Å²) in [4.78, 5) is 10.2. The zero-order valence-electron chi connectivity index (χ0n) is 23.1. The van der Waals surface area contributed by atoms with Crippen LogP contribution in [0.15, 0.2) is 0 Å². The van der Waals surface area contributed by atoms with E-state index in [9.17, 15) is 25.2 Å². The van der Waals surface area contributed by atoms with Gasteiger partial charge in [0.25, 0.3) is 0 Å².